The molecule has 0 amide bonds. The van der Waals surface area contributed by atoms with Gasteiger partial charge >= 0.3 is 0 Å². The third-order valence-electron chi connectivity index (χ3n) is 2.60. The summed E-state index contributed by atoms with van der Waals surface area (Å²) in [6.45, 7) is 4.35. The Balaban J connectivity index is 3.24. The maximum absolute atomic E-state index is 3.58. The van der Waals surface area contributed by atoms with Gasteiger partial charge in [-0.25, -0.2) is 0 Å². The number of hydrogen-bond donors (Lipinski definition) is 0. The molecule has 84 valence electrons. The molecule has 1 aromatic carbocycles. The molecule has 0 saturated carbocycles. The molecular weight excluding hydrogens is 384 g/mol. The zero-order valence-corrected chi connectivity index (χ0v) is 13.7. The highest BCUT2D eigenvalue weighted by atomic mass is 79.9. The van der Waals surface area contributed by atoms with Crippen LogP contribution in [0.25, 0.3) is 0 Å². The molecule has 0 aliphatic heterocycles. The van der Waals surface area contributed by atoms with Crippen LogP contribution in [0.2, 0.25) is 0 Å². The lowest BCUT2D eigenvalue weighted by Gasteiger charge is -2.18. The Hall–Kier alpha value is 0.660. The molecule has 15 heavy (non-hydrogen) atoms. The molecule has 0 atom stereocenters. The number of rotatable bonds is 4. The summed E-state index contributed by atoms with van der Waals surface area (Å²) in [5.74, 6) is 0.552. The third-order valence-corrected chi connectivity index (χ3v) is 4.72. The van der Waals surface area contributed by atoms with E-state index >= 15 is 0 Å². The molecule has 3 heteroatoms. The van der Waals surface area contributed by atoms with Crippen molar-refractivity contribution >= 4 is 47.8 Å². The van der Waals surface area contributed by atoms with E-state index in [1.165, 1.54) is 22.3 Å². The van der Waals surface area contributed by atoms with Crippen molar-refractivity contribution in [2.45, 2.75) is 25.1 Å². The lowest BCUT2D eigenvalue weighted by Crippen LogP contribution is -2.07. The summed E-state index contributed by atoms with van der Waals surface area (Å²) < 4.78 is 0. The smallest absolute Gasteiger partial charge is 0.0288 e. The van der Waals surface area contributed by atoms with Crippen LogP contribution >= 0.6 is 47.8 Å². The van der Waals surface area contributed by atoms with Gasteiger partial charge in [0.1, 0.15) is 0 Å². The second-order valence-corrected chi connectivity index (χ2v) is 5.64. The van der Waals surface area contributed by atoms with Gasteiger partial charge in [0, 0.05) is 21.9 Å². The van der Waals surface area contributed by atoms with Gasteiger partial charge in [-0.3, -0.25) is 0 Å². The van der Waals surface area contributed by atoms with E-state index in [0.29, 0.717) is 5.92 Å². The Morgan fingerprint density at radius 3 is 2.13 bits per heavy atom. The first-order chi connectivity index (χ1) is 7.13. The average molecular weight is 399 g/mol. The maximum atomic E-state index is 3.58. The number of aryl methyl sites for hydroxylation is 2. The highest BCUT2D eigenvalue weighted by Gasteiger charge is 2.14. The van der Waals surface area contributed by atoms with E-state index in [-0.39, 0.29) is 0 Å². The van der Waals surface area contributed by atoms with Crippen molar-refractivity contribution in [3.05, 3.63) is 34.4 Å². The van der Waals surface area contributed by atoms with Crippen molar-refractivity contribution in [2.75, 3.05) is 10.7 Å². The monoisotopic (exact) mass is 396 g/mol. The van der Waals surface area contributed by atoms with Gasteiger partial charge in [0.15, 0.2) is 0 Å². The van der Waals surface area contributed by atoms with Crippen molar-refractivity contribution in [3.63, 3.8) is 0 Å². The fourth-order valence-corrected chi connectivity index (χ4v) is 4.32. The molecule has 0 unspecified atom stereocenters. The summed E-state index contributed by atoms with van der Waals surface area (Å²) in [5, 5.41) is 2.94. The van der Waals surface area contributed by atoms with Gasteiger partial charge in [-0.2, -0.15) is 0 Å². The predicted molar refractivity (Wildman–Crippen MR) is 78.9 cm³/mol. The van der Waals surface area contributed by atoms with E-state index in [2.05, 4.69) is 73.8 Å². The summed E-state index contributed by atoms with van der Waals surface area (Å²) >= 11 is 10.7. The lowest BCUT2D eigenvalue weighted by atomic mass is 9.93. The predicted octanol–water partition coefficient (Wildman–Crippen LogP) is 5.07. The second-order valence-electron chi connectivity index (χ2n) is 3.79. The minimum absolute atomic E-state index is 0.552. The van der Waals surface area contributed by atoms with Crippen LogP contribution in [-0.2, 0) is 5.33 Å². The summed E-state index contributed by atoms with van der Waals surface area (Å²) in [5.41, 5.74) is 5.62. The Kier molecular flexibility index (Phi) is 5.86. The fraction of sp³-hybridized carbons (Fsp3) is 0.500. The van der Waals surface area contributed by atoms with Crippen molar-refractivity contribution < 1.29 is 0 Å². The van der Waals surface area contributed by atoms with E-state index in [4.69, 9.17) is 0 Å². The van der Waals surface area contributed by atoms with Crippen molar-refractivity contribution in [1.29, 1.82) is 0 Å². The van der Waals surface area contributed by atoms with E-state index in [1.807, 2.05) is 0 Å². The largest absolute Gasteiger partial charge is 0.0921 e. The quantitative estimate of drug-likeness (QED) is 0.621. The zero-order valence-electron chi connectivity index (χ0n) is 8.99. The van der Waals surface area contributed by atoms with Crippen molar-refractivity contribution in [3.8, 4) is 0 Å². The lowest BCUT2D eigenvalue weighted by molar-refractivity contribution is 0.890. The minimum Gasteiger partial charge on any atom is -0.0921 e. The molecule has 0 saturated heterocycles. The van der Waals surface area contributed by atoms with Crippen LogP contribution in [0, 0.1) is 13.8 Å². The normalized spacial score (nSPS) is 11.1. The first-order valence-corrected chi connectivity index (χ1v) is 8.28. The molecule has 0 aromatic heterocycles. The van der Waals surface area contributed by atoms with Crippen molar-refractivity contribution in [1.82, 2.24) is 0 Å². The molecule has 0 bridgehead atoms. The summed E-state index contributed by atoms with van der Waals surface area (Å²) in [7, 11) is 0. The van der Waals surface area contributed by atoms with Gasteiger partial charge in [0.05, 0.1) is 0 Å². The first kappa shape index (κ1) is 13.7. The topological polar surface area (TPSA) is 0 Å². The summed E-state index contributed by atoms with van der Waals surface area (Å²) in [4.78, 5) is 0. The SMILES string of the molecule is Cc1cc(C)c(CBr)c(C(CBr)CBr)c1. The van der Waals surface area contributed by atoms with Crippen LogP contribution in [0.3, 0.4) is 0 Å². The van der Waals surface area contributed by atoms with E-state index in [1.54, 1.807) is 0 Å². The van der Waals surface area contributed by atoms with Crippen LogP contribution in [0.15, 0.2) is 12.1 Å². The van der Waals surface area contributed by atoms with Crippen LogP contribution < -0.4 is 0 Å². The van der Waals surface area contributed by atoms with Gasteiger partial charge < -0.3 is 0 Å². The Morgan fingerprint density at radius 1 is 1.07 bits per heavy atom. The van der Waals surface area contributed by atoms with Gasteiger partial charge in [0.25, 0.3) is 0 Å². The van der Waals surface area contributed by atoms with Crippen LogP contribution in [0.4, 0.5) is 0 Å². The standard InChI is InChI=1S/C12H15Br3/c1-8-3-9(2)12(7-15)11(4-8)10(5-13)6-14/h3-4,10H,5-7H2,1-2H3. The average Bonchev–Trinajstić information content (AvgIpc) is 2.19. The molecule has 0 nitrogen and oxygen atoms in total. The third kappa shape index (κ3) is 3.31. The van der Waals surface area contributed by atoms with Gasteiger partial charge in [-0.1, -0.05) is 65.5 Å². The molecule has 1 aromatic rings. The molecule has 0 fully saturated rings. The summed E-state index contributed by atoms with van der Waals surface area (Å²) in [6.07, 6.45) is 0. The Bertz CT molecular complexity index is 330. The van der Waals surface area contributed by atoms with Crippen LogP contribution in [-0.4, -0.2) is 10.7 Å². The van der Waals surface area contributed by atoms with E-state index in [0.717, 1.165) is 16.0 Å². The molecule has 0 spiro atoms. The Morgan fingerprint density at radius 2 is 1.67 bits per heavy atom. The van der Waals surface area contributed by atoms with Crippen LogP contribution in [0.1, 0.15) is 28.2 Å². The molecule has 0 heterocycles. The molecular formula is C12H15Br3. The van der Waals surface area contributed by atoms with Crippen molar-refractivity contribution in [2.24, 2.45) is 0 Å². The molecule has 1 rings (SSSR count). The molecule has 0 aliphatic carbocycles. The minimum atomic E-state index is 0.552. The first-order valence-electron chi connectivity index (χ1n) is 4.92. The van der Waals surface area contributed by atoms with Crippen LogP contribution in [0.5, 0.6) is 0 Å². The number of hydrogen-bond acceptors (Lipinski definition) is 0. The Labute approximate surface area is 117 Å². The fourth-order valence-electron chi connectivity index (χ4n) is 1.78. The van der Waals surface area contributed by atoms with Gasteiger partial charge in [-0.05, 0) is 30.5 Å². The zero-order chi connectivity index (χ0) is 11.4. The highest BCUT2D eigenvalue weighted by molar-refractivity contribution is 9.09. The highest BCUT2D eigenvalue weighted by Crippen LogP contribution is 2.29. The van der Waals surface area contributed by atoms with E-state index in [9.17, 15) is 0 Å². The molecule has 0 radical (unpaired) electrons. The number of benzene rings is 1. The maximum Gasteiger partial charge on any atom is 0.0288 e. The molecule has 0 N–H and O–H groups in total. The molecule has 0 aliphatic rings. The number of alkyl halides is 3. The second kappa shape index (κ2) is 6.41. The summed E-state index contributed by atoms with van der Waals surface area (Å²) in [6, 6.07) is 4.55. The van der Waals surface area contributed by atoms with Gasteiger partial charge in [-0.15, -0.1) is 0 Å². The van der Waals surface area contributed by atoms with E-state index < -0.39 is 0 Å². The van der Waals surface area contributed by atoms with Gasteiger partial charge in [0.2, 0.25) is 0 Å². The number of halogens is 3.